The summed E-state index contributed by atoms with van der Waals surface area (Å²) in [5.41, 5.74) is 0.309. The summed E-state index contributed by atoms with van der Waals surface area (Å²) in [6.45, 7) is 1.78. The number of aromatic nitrogens is 2. The van der Waals surface area contributed by atoms with Crippen molar-refractivity contribution < 1.29 is 9.90 Å². The van der Waals surface area contributed by atoms with Gasteiger partial charge in [-0.15, -0.1) is 10.2 Å². The minimum absolute atomic E-state index is 0.181. The first kappa shape index (κ1) is 16.6. The highest BCUT2D eigenvalue weighted by Crippen LogP contribution is 2.22. The summed E-state index contributed by atoms with van der Waals surface area (Å²) < 4.78 is 0. The first-order valence-corrected chi connectivity index (χ1v) is 7.63. The third kappa shape index (κ3) is 3.92. The number of amides is 1. The summed E-state index contributed by atoms with van der Waals surface area (Å²) in [6.07, 6.45) is 2.05. The van der Waals surface area contributed by atoms with Gasteiger partial charge in [0.2, 0.25) is 0 Å². The normalized spacial score (nSPS) is 22.5. The molecule has 0 radical (unpaired) electrons. The van der Waals surface area contributed by atoms with E-state index in [1.54, 1.807) is 13.1 Å². The SMILES string of the molecule is CNC(=O)c1ccc(N2C[C@@H](CO)CC[C@@H](N(C)C)C2)nn1. The Balaban J connectivity index is 2.17. The average molecular weight is 307 g/mol. The van der Waals surface area contributed by atoms with Gasteiger partial charge in [0.1, 0.15) is 0 Å². The van der Waals surface area contributed by atoms with Crippen LogP contribution in [0.25, 0.3) is 0 Å². The van der Waals surface area contributed by atoms with Gasteiger partial charge in [-0.1, -0.05) is 0 Å². The third-order valence-electron chi connectivity index (χ3n) is 4.24. The van der Waals surface area contributed by atoms with Crippen molar-refractivity contribution in [3.8, 4) is 0 Å². The van der Waals surface area contributed by atoms with Gasteiger partial charge >= 0.3 is 0 Å². The molecule has 2 N–H and O–H groups in total. The number of hydrogen-bond donors (Lipinski definition) is 2. The summed E-state index contributed by atoms with van der Waals surface area (Å²) in [4.78, 5) is 15.9. The van der Waals surface area contributed by atoms with Gasteiger partial charge < -0.3 is 20.2 Å². The molecule has 1 aliphatic heterocycles. The number of likely N-dealkylation sites (N-methyl/N-ethyl adjacent to an activating group) is 1. The van der Waals surface area contributed by atoms with Crippen LogP contribution in [0.2, 0.25) is 0 Å². The zero-order valence-electron chi connectivity index (χ0n) is 13.5. The lowest BCUT2D eigenvalue weighted by Gasteiger charge is -2.29. The molecule has 22 heavy (non-hydrogen) atoms. The lowest BCUT2D eigenvalue weighted by molar-refractivity contribution is 0.0957. The molecule has 2 rings (SSSR count). The Kier molecular flexibility index (Phi) is 5.68. The number of aliphatic hydroxyl groups is 1. The van der Waals surface area contributed by atoms with Gasteiger partial charge in [0.15, 0.2) is 11.5 Å². The second-order valence-electron chi connectivity index (χ2n) is 6.00. The Morgan fingerprint density at radius 1 is 1.36 bits per heavy atom. The van der Waals surface area contributed by atoms with Gasteiger partial charge in [-0.3, -0.25) is 4.79 Å². The highest BCUT2D eigenvalue weighted by atomic mass is 16.3. The van der Waals surface area contributed by atoms with Gasteiger partial charge in [-0.2, -0.15) is 0 Å². The minimum atomic E-state index is -0.241. The first-order chi connectivity index (χ1) is 10.5. The molecule has 7 heteroatoms. The van der Waals surface area contributed by atoms with Crippen molar-refractivity contribution in [3.05, 3.63) is 17.8 Å². The molecular weight excluding hydrogens is 282 g/mol. The van der Waals surface area contributed by atoms with Crippen molar-refractivity contribution in [1.82, 2.24) is 20.4 Å². The van der Waals surface area contributed by atoms with Crippen LogP contribution in [0.5, 0.6) is 0 Å². The number of anilines is 1. The van der Waals surface area contributed by atoms with Crippen molar-refractivity contribution in [1.29, 1.82) is 0 Å². The number of carbonyl (C=O) groups is 1. The molecule has 0 saturated carbocycles. The molecule has 1 amide bonds. The molecule has 0 aromatic carbocycles. The van der Waals surface area contributed by atoms with Crippen LogP contribution in [0.1, 0.15) is 23.3 Å². The number of carbonyl (C=O) groups excluding carboxylic acids is 1. The Hall–Kier alpha value is -1.73. The number of aliphatic hydroxyl groups excluding tert-OH is 1. The highest BCUT2D eigenvalue weighted by Gasteiger charge is 2.26. The predicted octanol–water partition coefficient (Wildman–Crippen LogP) is -0.0249. The monoisotopic (exact) mass is 307 g/mol. The Bertz CT molecular complexity index is 491. The fraction of sp³-hybridized carbons (Fsp3) is 0.667. The molecule has 2 heterocycles. The van der Waals surface area contributed by atoms with Crippen LogP contribution < -0.4 is 10.2 Å². The van der Waals surface area contributed by atoms with E-state index in [9.17, 15) is 9.90 Å². The molecule has 1 saturated heterocycles. The van der Waals surface area contributed by atoms with E-state index in [-0.39, 0.29) is 18.4 Å². The van der Waals surface area contributed by atoms with Crippen LogP contribution in [-0.4, -0.2) is 73.0 Å². The molecule has 1 aromatic heterocycles. The maximum Gasteiger partial charge on any atom is 0.271 e. The van der Waals surface area contributed by atoms with Gasteiger partial charge in [0, 0.05) is 32.8 Å². The van der Waals surface area contributed by atoms with Crippen molar-refractivity contribution in [3.63, 3.8) is 0 Å². The van der Waals surface area contributed by atoms with E-state index < -0.39 is 0 Å². The van der Waals surface area contributed by atoms with Crippen LogP contribution in [0, 0.1) is 5.92 Å². The molecule has 122 valence electrons. The number of hydrogen-bond acceptors (Lipinski definition) is 6. The van der Waals surface area contributed by atoms with Crippen LogP contribution in [0.4, 0.5) is 5.82 Å². The summed E-state index contributed by atoms with van der Waals surface area (Å²) in [5, 5.41) is 20.2. The summed E-state index contributed by atoms with van der Waals surface area (Å²) in [6, 6.07) is 3.92. The van der Waals surface area contributed by atoms with Crippen molar-refractivity contribution in [2.45, 2.75) is 18.9 Å². The Morgan fingerprint density at radius 2 is 2.14 bits per heavy atom. The second-order valence-corrected chi connectivity index (χ2v) is 6.00. The standard InChI is InChI=1S/C15H25N5O2/c1-16-15(22)13-6-7-14(18-17-13)20-8-11(10-21)4-5-12(9-20)19(2)3/h6-7,11-12,21H,4-5,8-10H2,1-3H3,(H,16,22)/t11-,12+/m0/s1. The molecule has 0 aliphatic carbocycles. The molecule has 1 fully saturated rings. The molecule has 1 aliphatic rings. The van der Waals surface area contributed by atoms with Crippen LogP contribution >= 0.6 is 0 Å². The molecule has 1 aromatic rings. The predicted molar refractivity (Wildman–Crippen MR) is 84.9 cm³/mol. The summed E-state index contributed by atoms with van der Waals surface area (Å²) in [5.74, 6) is 0.750. The first-order valence-electron chi connectivity index (χ1n) is 7.63. The number of nitrogens with zero attached hydrogens (tertiary/aromatic N) is 4. The number of rotatable bonds is 4. The zero-order valence-corrected chi connectivity index (χ0v) is 13.5. The summed E-state index contributed by atoms with van der Waals surface area (Å²) in [7, 11) is 5.71. The molecule has 2 atom stereocenters. The Morgan fingerprint density at radius 3 is 2.68 bits per heavy atom. The smallest absolute Gasteiger partial charge is 0.271 e. The topological polar surface area (TPSA) is 81.6 Å². The number of nitrogens with one attached hydrogen (secondary N) is 1. The molecule has 7 nitrogen and oxygen atoms in total. The van der Waals surface area contributed by atoms with Crippen LogP contribution in [-0.2, 0) is 0 Å². The maximum atomic E-state index is 11.5. The van der Waals surface area contributed by atoms with Gasteiger partial charge in [-0.05, 0) is 45.0 Å². The van der Waals surface area contributed by atoms with Gasteiger partial charge in [-0.25, -0.2) is 0 Å². The third-order valence-corrected chi connectivity index (χ3v) is 4.24. The van der Waals surface area contributed by atoms with E-state index in [0.717, 1.165) is 31.7 Å². The maximum absolute atomic E-state index is 11.5. The molecule has 0 spiro atoms. The van der Waals surface area contributed by atoms with E-state index in [0.29, 0.717) is 11.7 Å². The second kappa shape index (κ2) is 7.51. The summed E-state index contributed by atoms with van der Waals surface area (Å²) >= 11 is 0. The molecule has 0 bridgehead atoms. The van der Waals surface area contributed by atoms with E-state index in [1.807, 2.05) is 6.07 Å². The van der Waals surface area contributed by atoms with Gasteiger partial charge in [0.05, 0.1) is 0 Å². The fourth-order valence-corrected chi connectivity index (χ4v) is 2.75. The highest BCUT2D eigenvalue weighted by molar-refractivity contribution is 5.91. The van der Waals surface area contributed by atoms with Crippen molar-refractivity contribution >= 4 is 11.7 Å². The van der Waals surface area contributed by atoms with Crippen LogP contribution in [0.15, 0.2) is 12.1 Å². The Labute approximate surface area is 131 Å². The van der Waals surface area contributed by atoms with E-state index in [2.05, 4.69) is 39.4 Å². The van der Waals surface area contributed by atoms with Gasteiger partial charge in [0.25, 0.3) is 5.91 Å². The van der Waals surface area contributed by atoms with Crippen molar-refractivity contribution in [2.75, 3.05) is 45.7 Å². The minimum Gasteiger partial charge on any atom is -0.396 e. The van der Waals surface area contributed by atoms with Crippen molar-refractivity contribution in [2.24, 2.45) is 5.92 Å². The largest absolute Gasteiger partial charge is 0.396 e. The quantitative estimate of drug-likeness (QED) is 0.813. The lowest BCUT2D eigenvalue weighted by Crippen LogP contribution is -2.40. The van der Waals surface area contributed by atoms with E-state index in [1.165, 1.54) is 0 Å². The average Bonchev–Trinajstić information content (AvgIpc) is 2.77. The molecule has 0 unspecified atom stereocenters. The zero-order chi connectivity index (χ0) is 16.1. The fourth-order valence-electron chi connectivity index (χ4n) is 2.75. The molecular formula is C15H25N5O2. The van der Waals surface area contributed by atoms with E-state index >= 15 is 0 Å². The lowest BCUT2D eigenvalue weighted by atomic mass is 10.0. The van der Waals surface area contributed by atoms with Crippen LogP contribution in [0.3, 0.4) is 0 Å². The van der Waals surface area contributed by atoms with E-state index in [4.69, 9.17) is 0 Å².